The Morgan fingerprint density at radius 2 is 2.15 bits per heavy atom. The molecule has 1 saturated heterocycles. The number of rotatable bonds is 3. The molecule has 1 aromatic carbocycles. The van der Waals surface area contributed by atoms with Crippen LogP contribution in [0.2, 0.25) is 0 Å². The molecule has 2 atom stereocenters. The van der Waals surface area contributed by atoms with Gasteiger partial charge in [0.25, 0.3) is 0 Å². The summed E-state index contributed by atoms with van der Waals surface area (Å²) in [5.74, 6) is -0.164. The lowest BCUT2D eigenvalue weighted by atomic mass is 9.89. The first-order valence-electron chi connectivity index (χ1n) is 6.86. The second kappa shape index (κ2) is 5.79. The highest BCUT2D eigenvalue weighted by Crippen LogP contribution is 2.34. The number of nitrogens with two attached hydrogens (primary N) is 1. The number of hydrogen-bond acceptors (Lipinski definition) is 3. The molecule has 1 fully saturated rings. The highest BCUT2D eigenvalue weighted by Gasteiger charge is 2.36. The minimum atomic E-state index is -0.432. The number of carbonyl (C=O) groups excluding carboxylic acids is 1. The number of benzene rings is 1. The number of halogens is 1. The van der Waals surface area contributed by atoms with Gasteiger partial charge >= 0.3 is 0 Å². The van der Waals surface area contributed by atoms with Crippen LogP contribution in [0, 0.1) is 5.82 Å². The summed E-state index contributed by atoms with van der Waals surface area (Å²) in [6.07, 6.45) is 1.08. The number of piperidine rings is 1. The maximum atomic E-state index is 13.9. The molecular formula is C15H21FN2O2. The Labute approximate surface area is 118 Å². The van der Waals surface area contributed by atoms with E-state index in [1.165, 1.54) is 13.2 Å². The predicted octanol–water partition coefficient (Wildman–Crippen LogP) is 2.23. The lowest BCUT2D eigenvalue weighted by Gasteiger charge is -2.42. The lowest BCUT2D eigenvalue weighted by molar-refractivity contribution is -0.139. The van der Waals surface area contributed by atoms with Gasteiger partial charge in [0.2, 0.25) is 5.91 Å². The molecule has 0 saturated carbocycles. The van der Waals surface area contributed by atoms with Crippen molar-refractivity contribution < 1.29 is 13.9 Å². The fourth-order valence-corrected chi connectivity index (χ4v) is 2.82. The van der Waals surface area contributed by atoms with Crippen LogP contribution in [0.1, 0.15) is 38.3 Å². The summed E-state index contributed by atoms with van der Waals surface area (Å²) < 4.78 is 18.8. The first kappa shape index (κ1) is 14.8. The fourth-order valence-electron chi connectivity index (χ4n) is 2.82. The standard InChI is InChI=1S/C15H21FN2O2/c1-9(2)18-14(19)7-5-12(17)15(18)10-4-6-13(20-3)11(16)8-10/h4,6,8-9,12,15H,5,7,17H2,1-3H3. The molecule has 0 aliphatic carbocycles. The van der Waals surface area contributed by atoms with Crippen LogP contribution in [-0.4, -0.2) is 30.0 Å². The van der Waals surface area contributed by atoms with Crippen molar-refractivity contribution in [1.82, 2.24) is 4.90 Å². The highest BCUT2D eigenvalue weighted by atomic mass is 19.1. The average molecular weight is 280 g/mol. The zero-order valence-electron chi connectivity index (χ0n) is 12.1. The SMILES string of the molecule is COc1ccc(C2C(N)CCC(=O)N2C(C)C)cc1F. The van der Waals surface area contributed by atoms with Gasteiger partial charge in [0, 0.05) is 18.5 Å². The molecule has 0 radical (unpaired) electrons. The van der Waals surface area contributed by atoms with Gasteiger partial charge < -0.3 is 15.4 Å². The summed E-state index contributed by atoms with van der Waals surface area (Å²) in [6.45, 7) is 3.89. The van der Waals surface area contributed by atoms with Gasteiger partial charge in [0.05, 0.1) is 13.2 Å². The zero-order valence-corrected chi connectivity index (χ0v) is 12.1. The zero-order chi connectivity index (χ0) is 14.9. The maximum Gasteiger partial charge on any atom is 0.223 e. The smallest absolute Gasteiger partial charge is 0.223 e. The number of carbonyl (C=O) groups is 1. The summed E-state index contributed by atoms with van der Waals surface area (Å²) in [7, 11) is 1.42. The van der Waals surface area contributed by atoms with Crippen molar-refractivity contribution in [3.8, 4) is 5.75 Å². The van der Waals surface area contributed by atoms with E-state index in [0.717, 1.165) is 5.56 Å². The Bertz CT molecular complexity index is 505. The van der Waals surface area contributed by atoms with Crippen molar-refractivity contribution in [2.24, 2.45) is 5.73 Å². The molecule has 1 aromatic rings. The summed E-state index contributed by atoms with van der Waals surface area (Å²) in [4.78, 5) is 13.9. The Morgan fingerprint density at radius 1 is 1.45 bits per heavy atom. The van der Waals surface area contributed by atoms with E-state index in [0.29, 0.717) is 12.8 Å². The quantitative estimate of drug-likeness (QED) is 0.923. The van der Waals surface area contributed by atoms with E-state index in [4.69, 9.17) is 10.5 Å². The molecule has 0 spiro atoms. The number of ether oxygens (including phenoxy) is 1. The van der Waals surface area contributed by atoms with Crippen LogP contribution >= 0.6 is 0 Å². The molecule has 4 nitrogen and oxygen atoms in total. The van der Waals surface area contributed by atoms with Gasteiger partial charge in [0.15, 0.2) is 11.6 Å². The van der Waals surface area contributed by atoms with Crippen molar-refractivity contribution in [2.75, 3.05) is 7.11 Å². The molecule has 2 rings (SSSR count). The van der Waals surface area contributed by atoms with Crippen LogP contribution in [-0.2, 0) is 4.79 Å². The van der Waals surface area contributed by atoms with Gasteiger partial charge in [0.1, 0.15) is 0 Å². The van der Waals surface area contributed by atoms with Crippen LogP contribution in [0.25, 0.3) is 0 Å². The molecule has 2 unspecified atom stereocenters. The molecule has 2 N–H and O–H groups in total. The summed E-state index contributed by atoms with van der Waals surface area (Å²) in [5.41, 5.74) is 6.89. The first-order valence-corrected chi connectivity index (χ1v) is 6.86. The first-order chi connectivity index (χ1) is 9.45. The van der Waals surface area contributed by atoms with Crippen molar-refractivity contribution in [3.63, 3.8) is 0 Å². The largest absolute Gasteiger partial charge is 0.494 e. The monoisotopic (exact) mass is 280 g/mol. The molecule has 1 amide bonds. The molecule has 0 bridgehead atoms. The van der Waals surface area contributed by atoms with E-state index in [9.17, 15) is 9.18 Å². The third kappa shape index (κ3) is 2.63. The van der Waals surface area contributed by atoms with Gasteiger partial charge in [-0.2, -0.15) is 0 Å². The normalized spacial score (nSPS) is 23.3. The van der Waals surface area contributed by atoms with Gasteiger partial charge in [-0.3, -0.25) is 4.79 Å². The third-order valence-electron chi connectivity index (χ3n) is 3.76. The van der Waals surface area contributed by atoms with Crippen molar-refractivity contribution in [1.29, 1.82) is 0 Å². The second-order valence-electron chi connectivity index (χ2n) is 5.44. The second-order valence-corrected chi connectivity index (χ2v) is 5.44. The van der Waals surface area contributed by atoms with Gasteiger partial charge in [-0.25, -0.2) is 4.39 Å². The lowest BCUT2D eigenvalue weighted by Crippen LogP contribution is -2.51. The Hall–Kier alpha value is -1.62. The average Bonchev–Trinajstić information content (AvgIpc) is 2.40. The molecular weight excluding hydrogens is 259 g/mol. The minimum Gasteiger partial charge on any atom is -0.494 e. The number of methoxy groups -OCH3 is 1. The van der Waals surface area contributed by atoms with E-state index in [1.54, 1.807) is 17.0 Å². The molecule has 20 heavy (non-hydrogen) atoms. The summed E-state index contributed by atoms with van der Waals surface area (Å²) in [6, 6.07) is 4.34. The topological polar surface area (TPSA) is 55.6 Å². The molecule has 1 aliphatic heterocycles. The van der Waals surface area contributed by atoms with Crippen molar-refractivity contribution in [2.45, 2.75) is 44.8 Å². The van der Waals surface area contributed by atoms with E-state index in [-0.39, 0.29) is 29.8 Å². The fraction of sp³-hybridized carbons (Fsp3) is 0.533. The summed E-state index contributed by atoms with van der Waals surface area (Å²) in [5, 5.41) is 0. The number of hydrogen-bond donors (Lipinski definition) is 1. The van der Waals surface area contributed by atoms with Crippen LogP contribution in [0.4, 0.5) is 4.39 Å². The van der Waals surface area contributed by atoms with E-state index in [1.807, 2.05) is 13.8 Å². The van der Waals surface area contributed by atoms with Gasteiger partial charge in [-0.1, -0.05) is 6.07 Å². The molecule has 0 aromatic heterocycles. The third-order valence-corrected chi connectivity index (χ3v) is 3.76. The maximum absolute atomic E-state index is 13.9. The molecule has 110 valence electrons. The molecule has 1 aliphatic rings. The van der Waals surface area contributed by atoms with Crippen LogP contribution in [0.3, 0.4) is 0 Å². The van der Waals surface area contributed by atoms with Crippen LogP contribution < -0.4 is 10.5 Å². The van der Waals surface area contributed by atoms with Crippen molar-refractivity contribution in [3.05, 3.63) is 29.6 Å². The molecule has 5 heteroatoms. The number of nitrogens with zero attached hydrogens (tertiary/aromatic N) is 1. The van der Waals surface area contributed by atoms with Crippen LogP contribution in [0.15, 0.2) is 18.2 Å². The van der Waals surface area contributed by atoms with Crippen molar-refractivity contribution >= 4 is 5.91 Å². The van der Waals surface area contributed by atoms with E-state index >= 15 is 0 Å². The minimum absolute atomic E-state index is 0.0315. The van der Waals surface area contributed by atoms with E-state index in [2.05, 4.69) is 0 Å². The predicted molar refractivity (Wildman–Crippen MR) is 74.9 cm³/mol. The van der Waals surface area contributed by atoms with Gasteiger partial charge in [-0.05, 0) is 38.0 Å². The number of amides is 1. The molecule has 1 heterocycles. The Morgan fingerprint density at radius 3 is 2.70 bits per heavy atom. The van der Waals surface area contributed by atoms with Gasteiger partial charge in [-0.15, -0.1) is 0 Å². The van der Waals surface area contributed by atoms with E-state index < -0.39 is 5.82 Å². The Kier molecular flexibility index (Phi) is 4.28. The Balaban J connectivity index is 2.40. The highest BCUT2D eigenvalue weighted by molar-refractivity contribution is 5.78. The number of likely N-dealkylation sites (tertiary alicyclic amines) is 1. The summed E-state index contributed by atoms with van der Waals surface area (Å²) >= 11 is 0. The van der Waals surface area contributed by atoms with Crippen LogP contribution in [0.5, 0.6) is 5.75 Å².